The summed E-state index contributed by atoms with van der Waals surface area (Å²) >= 11 is 0. The fourth-order valence-electron chi connectivity index (χ4n) is 2.32. The zero-order valence-corrected chi connectivity index (χ0v) is 11.7. The molecule has 0 N–H and O–H groups in total. The molecule has 0 saturated carbocycles. The summed E-state index contributed by atoms with van der Waals surface area (Å²) in [4.78, 5) is 25.5. The zero-order chi connectivity index (χ0) is 14.2. The van der Waals surface area contributed by atoms with Crippen LogP contribution in [0, 0.1) is 0 Å². The second kappa shape index (κ2) is 4.72. The van der Waals surface area contributed by atoms with Crippen LogP contribution in [0.2, 0.25) is 0 Å². The molecule has 0 radical (unpaired) electrons. The van der Waals surface area contributed by atoms with Gasteiger partial charge in [0.1, 0.15) is 5.60 Å². The quantitative estimate of drug-likeness (QED) is 0.537. The number of ether oxygens (including phenoxy) is 2. The Balaban J connectivity index is 2.19. The van der Waals surface area contributed by atoms with Crippen molar-refractivity contribution in [2.45, 2.75) is 44.9 Å². The molecule has 0 aromatic heterocycles. The van der Waals surface area contributed by atoms with Gasteiger partial charge < -0.3 is 9.47 Å². The van der Waals surface area contributed by atoms with E-state index in [9.17, 15) is 9.59 Å². The van der Waals surface area contributed by atoms with Crippen molar-refractivity contribution >= 4 is 12.1 Å². The van der Waals surface area contributed by atoms with Crippen LogP contribution >= 0.6 is 0 Å². The smallest absolute Gasteiger partial charge is 0.411 e. The molecule has 5 heteroatoms. The Labute approximate surface area is 112 Å². The number of carbonyl (C=O) groups excluding carboxylic acids is 2. The summed E-state index contributed by atoms with van der Waals surface area (Å²) in [6.45, 7) is 5.46. The van der Waals surface area contributed by atoms with Crippen LogP contribution < -0.4 is 0 Å². The van der Waals surface area contributed by atoms with Gasteiger partial charge in [-0.05, 0) is 27.2 Å². The number of amides is 1. The predicted molar refractivity (Wildman–Crippen MR) is 69.5 cm³/mol. The monoisotopic (exact) mass is 265 g/mol. The average Bonchev–Trinajstić information content (AvgIpc) is 2.61. The first-order valence-corrected chi connectivity index (χ1v) is 6.31. The summed E-state index contributed by atoms with van der Waals surface area (Å²) in [6.07, 6.45) is 5.83. The van der Waals surface area contributed by atoms with Crippen molar-refractivity contribution < 1.29 is 19.1 Å². The number of carbonyl (C=O) groups is 2. The number of hydrogen-bond acceptors (Lipinski definition) is 4. The number of methoxy groups -OCH3 is 1. The molecule has 104 valence electrons. The largest absolute Gasteiger partial charge is 0.466 e. The highest BCUT2D eigenvalue weighted by Gasteiger charge is 2.41. The third-order valence-corrected chi connectivity index (χ3v) is 3.10. The number of rotatable bonds is 1. The minimum Gasteiger partial charge on any atom is -0.466 e. The maximum absolute atomic E-state index is 12.2. The van der Waals surface area contributed by atoms with Crippen molar-refractivity contribution in [1.29, 1.82) is 0 Å². The maximum Gasteiger partial charge on any atom is 0.411 e. The normalized spacial score (nSPS) is 25.1. The van der Waals surface area contributed by atoms with E-state index in [-0.39, 0.29) is 12.1 Å². The maximum atomic E-state index is 12.2. The van der Waals surface area contributed by atoms with Crippen LogP contribution in [0.15, 0.2) is 23.8 Å². The Bertz CT molecular complexity index is 459. The minimum absolute atomic E-state index is 0.0340. The lowest BCUT2D eigenvalue weighted by Gasteiger charge is -2.35. The molecule has 0 spiro atoms. The van der Waals surface area contributed by atoms with E-state index in [1.165, 1.54) is 7.11 Å². The molecule has 0 aromatic rings. The average molecular weight is 265 g/mol. The Morgan fingerprint density at radius 3 is 2.58 bits per heavy atom. The van der Waals surface area contributed by atoms with Crippen molar-refractivity contribution in [1.82, 2.24) is 4.90 Å². The van der Waals surface area contributed by atoms with E-state index in [0.29, 0.717) is 12.0 Å². The van der Waals surface area contributed by atoms with Gasteiger partial charge in [-0.15, -0.1) is 0 Å². The molecule has 2 bridgehead atoms. The van der Waals surface area contributed by atoms with E-state index < -0.39 is 17.7 Å². The van der Waals surface area contributed by atoms with Crippen molar-refractivity contribution in [3.63, 3.8) is 0 Å². The summed E-state index contributed by atoms with van der Waals surface area (Å²) in [5.41, 5.74) is -0.0540. The fraction of sp³-hybridized carbons (Fsp3) is 0.571. The second-order valence-electron chi connectivity index (χ2n) is 5.67. The van der Waals surface area contributed by atoms with Crippen LogP contribution in [-0.4, -0.2) is 41.8 Å². The first-order valence-electron chi connectivity index (χ1n) is 6.31. The SMILES string of the molecule is COC(=O)C1=CCC2C=CC1N2C(=O)OC(C)(C)C. The Kier molecular flexibility index (Phi) is 3.39. The van der Waals surface area contributed by atoms with Crippen molar-refractivity contribution in [2.75, 3.05) is 7.11 Å². The molecule has 2 unspecified atom stereocenters. The van der Waals surface area contributed by atoms with Crippen molar-refractivity contribution in [3.8, 4) is 0 Å². The lowest BCUT2D eigenvalue weighted by atomic mass is 10.0. The predicted octanol–water partition coefficient (Wildman–Crippen LogP) is 2.03. The third kappa shape index (κ3) is 2.64. The van der Waals surface area contributed by atoms with Gasteiger partial charge in [0.2, 0.25) is 0 Å². The standard InChI is InChI=1S/C14H19NO4/c1-14(2,3)19-13(17)15-9-5-7-10(12(16)18-4)11(15)8-6-9/h6-9,11H,5H2,1-4H3. The molecule has 1 amide bonds. The zero-order valence-electron chi connectivity index (χ0n) is 11.7. The topological polar surface area (TPSA) is 55.8 Å². The number of fused-ring (bicyclic) bond motifs is 2. The Hall–Kier alpha value is -1.78. The minimum atomic E-state index is -0.552. The van der Waals surface area contributed by atoms with Crippen LogP contribution in [0.25, 0.3) is 0 Å². The summed E-state index contributed by atoms with van der Waals surface area (Å²) in [7, 11) is 1.34. The third-order valence-electron chi connectivity index (χ3n) is 3.10. The molecule has 0 aromatic carbocycles. The molecule has 19 heavy (non-hydrogen) atoms. The molecule has 2 atom stereocenters. The molecule has 0 aliphatic carbocycles. The van der Waals surface area contributed by atoms with Gasteiger partial charge in [-0.3, -0.25) is 4.90 Å². The molecule has 2 rings (SSSR count). The van der Waals surface area contributed by atoms with Crippen LogP contribution in [0.4, 0.5) is 4.79 Å². The lowest BCUT2D eigenvalue weighted by molar-refractivity contribution is -0.136. The van der Waals surface area contributed by atoms with Gasteiger partial charge in [0.25, 0.3) is 0 Å². The van der Waals surface area contributed by atoms with Crippen molar-refractivity contribution in [3.05, 3.63) is 23.8 Å². The van der Waals surface area contributed by atoms with E-state index in [4.69, 9.17) is 9.47 Å². The number of hydrogen-bond donors (Lipinski definition) is 0. The van der Waals surface area contributed by atoms with E-state index >= 15 is 0 Å². The molecular weight excluding hydrogens is 246 g/mol. The highest BCUT2D eigenvalue weighted by Crippen LogP contribution is 2.32. The molecule has 5 nitrogen and oxygen atoms in total. The summed E-state index contributed by atoms with van der Waals surface area (Å²) in [5.74, 6) is -0.399. The second-order valence-corrected chi connectivity index (χ2v) is 5.67. The first-order chi connectivity index (χ1) is 8.83. The van der Waals surface area contributed by atoms with Gasteiger partial charge in [0.05, 0.1) is 24.8 Å². The summed E-state index contributed by atoms with van der Waals surface area (Å²) < 4.78 is 10.1. The summed E-state index contributed by atoms with van der Waals surface area (Å²) in [6, 6.07) is -0.408. The van der Waals surface area contributed by atoms with E-state index in [1.54, 1.807) is 4.90 Å². The van der Waals surface area contributed by atoms with Crippen LogP contribution in [0.3, 0.4) is 0 Å². The Morgan fingerprint density at radius 2 is 2.00 bits per heavy atom. The molecule has 2 aliphatic rings. The van der Waals surface area contributed by atoms with Gasteiger partial charge >= 0.3 is 12.1 Å². The molecule has 0 fully saturated rings. The number of esters is 1. The fourth-order valence-corrected chi connectivity index (χ4v) is 2.32. The van der Waals surface area contributed by atoms with Gasteiger partial charge in [0.15, 0.2) is 0 Å². The first kappa shape index (κ1) is 13.6. The van der Waals surface area contributed by atoms with Crippen LogP contribution in [0.1, 0.15) is 27.2 Å². The highest BCUT2D eigenvalue weighted by atomic mass is 16.6. The highest BCUT2D eigenvalue weighted by molar-refractivity contribution is 5.92. The van der Waals surface area contributed by atoms with Gasteiger partial charge in [-0.25, -0.2) is 9.59 Å². The van der Waals surface area contributed by atoms with Gasteiger partial charge in [0, 0.05) is 0 Å². The van der Waals surface area contributed by atoms with Gasteiger partial charge in [-0.1, -0.05) is 18.2 Å². The van der Waals surface area contributed by atoms with E-state index in [0.717, 1.165) is 0 Å². The van der Waals surface area contributed by atoms with Crippen molar-refractivity contribution in [2.24, 2.45) is 0 Å². The van der Waals surface area contributed by atoms with Gasteiger partial charge in [-0.2, -0.15) is 0 Å². The van der Waals surface area contributed by atoms with E-state index in [2.05, 4.69) is 0 Å². The van der Waals surface area contributed by atoms with Crippen LogP contribution in [-0.2, 0) is 14.3 Å². The molecule has 2 aliphatic heterocycles. The Morgan fingerprint density at radius 1 is 1.32 bits per heavy atom. The van der Waals surface area contributed by atoms with Crippen LogP contribution in [0.5, 0.6) is 0 Å². The number of nitrogens with zero attached hydrogens (tertiary/aromatic N) is 1. The lowest BCUT2D eigenvalue weighted by Crippen LogP contribution is -2.48. The summed E-state index contributed by atoms with van der Waals surface area (Å²) in [5, 5.41) is 0. The molecule has 0 saturated heterocycles. The molecular formula is C14H19NO4. The molecule has 2 heterocycles. The van der Waals surface area contributed by atoms with E-state index in [1.807, 2.05) is 39.0 Å².